The average Bonchev–Trinajstić information content (AvgIpc) is 2.69. The van der Waals surface area contributed by atoms with Crippen LogP contribution >= 0.6 is 0 Å². The van der Waals surface area contributed by atoms with E-state index in [1.54, 1.807) is 0 Å². The van der Waals surface area contributed by atoms with Gasteiger partial charge in [-0.3, -0.25) is 0 Å². The van der Waals surface area contributed by atoms with Crippen molar-refractivity contribution in [2.45, 2.75) is 37.5 Å². The first-order chi connectivity index (χ1) is 8.66. The van der Waals surface area contributed by atoms with Crippen molar-refractivity contribution in [2.75, 3.05) is 5.73 Å². The molecule has 4 N–H and O–H groups in total. The van der Waals surface area contributed by atoms with Gasteiger partial charge in [0.1, 0.15) is 0 Å². The maximum atomic E-state index is 9.79. The molecule has 1 aliphatic carbocycles. The quantitative estimate of drug-likeness (QED) is 0.703. The van der Waals surface area contributed by atoms with Gasteiger partial charge in [-0.1, -0.05) is 12.1 Å². The van der Waals surface area contributed by atoms with Crippen molar-refractivity contribution in [3.63, 3.8) is 0 Å². The smallest absolute Gasteiger partial charge is 0.201 e. The third kappa shape index (κ3) is 1.76. The molecule has 1 aromatic carbocycles. The van der Waals surface area contributed by atoms with E-state index in [0.717, 1.165) is 17.5 Å². The summed E-state index contributed by atoms with van der Waals surface area (Å²) in [6, 6.07) is 7.90. The minimum Gasteiger partial charge on any atom is -0.390 e. The van der Waals surface area contributed by atoms with E-state index >= 15 is 0 Å². The number of rotatable bonds is 1. The largest absolute Gasteiger partial charge is 0.390 e. The van der Waals surface area contributed by atoms with E-state index in [-0.39, 0.29) is 6.04 Å². The Kier molecular flexibility index (Phi) is 2.72. The molecule has 0 radical (unpaired) electrons. The second-order valence-corrected chi connectivity index (χ2v) is 4.93. The Labute approximate surface area is 105 Å². The lowest BCUT2D eigenvalue weighted by Crippen LogP contribution is -2.34. The lowest BCUT2D eigenvalue weighted by Gasteiger charge is -2.31. The predicted octanol–water partition coefficient (Wildman–Crippen LogP) is 1.07. The third-order valence-corrected chi connectivity index (χ3v) is 3.74. The number of hydrogen-bond acceptors (Lipinski definition) is 4. The molecule has 0 spiro atoms. The van der Waals surface area contributed by atoms with Crippen LogP contribution in [0.15, 0.2) is 24.3 Å². The van der Waals surface area contributed by atoms with Gasteiger partial charge in [-0.05, 0) is 31.4 Å². The zero-order valence-electron chi connectivity index (χ0n) is 10.0. The molecule has 3 rings (SSSR count). The highest BCUT2D eigenvalue weighted by molar-refractivity contribution is 5.78. The first-order valence-electron chi connectivity index (χ1n) is 6.25. The van der Waals surface area contributed by atoms with Crippen LogP contribution in [0.2, 0.25) is 0 Å². The van der Waals surface area contributed by atoms with Crippen molar-refractivity contribution in [3.8, 4) is 0 Å². The fourth-order valence-electron chi connectivity index (χ4n) is 2.79. The highest BCUT2D eigenvalue weighted by Crippen LogP contribution is 2.33. The molecule has 96 valence electrons. The van der Waals surface area contributed by atoms with Crippen molar-refractivity contribution >= 4 is 17.0 Å². The highest BCUT2D eigenvalue weighted by atomic mass is 16.3. The number of nitrogens with zero attached hydrogens (tertiary/aromatic N) is 2. The van der Waals surface area contributed by atoms with Gasteiger partial charge >= 0.3 is 0 Å². The van der Waals surface area contributed by atoms with Crippen LogP contribution < -0.4 is 5.73 Å². The molecule has 0 unspecified atom stereocenters. The third-order valence-electron chi connectivity index (χ3n) is 3.74. The first-order valence-corrected chi connectivity index (χ1v) is 6.25. The monoisotopic (exact) mass is 247 g/mol. The molecule has 1 fully saturated rings. The number of aromatic nitrogens is 2. The summed E-state index contributed by atoms with van der Waals surface area (Å²) in [4.78, 5) is 4.33. The zero-order valence-corrected chi connectivity index (χ0v) is 10.0. The van der Waals surface area contributed by atoms with Crippen LogP contribution in [-0.2, 0) is 0 Å². The van der Waals surface area contributed by atoms with E-state index < -0.39 is 12.2 Å². The van der Waals surface area contributed by atoms with Crippen molar-refractivity contribution in [2.24, 2.45) is 0 Å². The summed E-state index contributed by atoms with van der Waals surface area (Å²) >= 11 is 0. The van der Waals surface area contributed by atoms with Crippen LogP contribution in [0.1, 0.15) is 25.3 Å². The maximum Gasteiger partial charge on any atom is 0.201 e. The molecule has 1 heterocycles. The van der Waals surface area contributed by atoms with E-state index in [1.165, 1.54) is 0 Å². The Morgan fingerprint density at radius 3 is 2.72 bits per heavy atom. The van der Waals surface area contributed by atoms with Crippen LogP contribution in [0.3, 0.4) is 0 Å². The van der Waals surface area contributed by atoms with Gasteiger partial charge in [-0.25, -0.2) is 4.98 Å². The molecular formula is C13H17N3O2. The Balaban J connectivity index is 2.01. The standard InChI is InChI=1S/C13H17N3O2/c14-13-15-9-3-1-2-4-10(9)16(13)8-5-6-11(17)12(18)7-8/h1-4,8,11-12,17-18H,5-7H2,(H2,14,15)/t8-,11-,12+/m0/s1. The fraction of sp³-hybridized carbons (Fsp3) is 0.462. The molecule has 0 aliphatic heterocycles. The lowest BCUT2D eigenvalue weighted by atomic mass is 9.90. The van der Waals surface area contributed by atoms with Gasteiger partial charge in [0.25, 0.3) is 0 Å². The topological polar surface area (TPSA) is 84.3 Å². The van der Waals surface area contributed by atoms with Gasteiger partial charge < -0.3 is 20.5 Å². The van der Waals surface area contributed by atoms with Crippen LogP contribution in [0.25, 0.3) is 11.0 Å². The maximum absolute atomic E-state index is 9.79. The van der Waals surface area contributed by atoms with Crippen LogP contribution in [0, 0.1) is 0 Å². The minimum atomic E-state index is -0.677. The minimum absolute atomic E-state index is 0.107. The van der Waals surface area contributed by atoms with Crippen molar-refractivity contribution in [3.05, 3.63) is 24.3 Å². The summed E-state index contributed by atoms with van der Waals surface area (Å²) in [6.07, 6.45) is 0.633. The summed E-state index contributed by atoms with van der Waals surface area (Å²) in [6.45, 7) is 0. The van der Waals surface area contributed by atoms with Crippen LogP contribution in [0.4, 0.5) is 5.95 Å². The Hall–Kier alpha value is -1.59. The SMILES string of the molecule is Nc1nc2ccccc2n1[C@H]1CC[C@H](O)[C@H](O)C1. The molecule has 2 aromatic rings. The molecule has 1 aliphatic rings. The highest BCUT2D eigenvalue weighted by Gasteiger charge is 2.30. The lowest BCUT2D eigenvalue weighted by molar-refractivity contribution is -0.0222. The molecule has 5 heteroatoms. The molecule has 0 amide bonds. The molecular weight excluding hydrogens is 230 g/mol. The number of nitrogens with two attached hydrogens (primary N) is 1. The predicted molar refractivity (Wildman–Crippen MR) is 69.0 cm³/mol. The van der Waals surface area contributed by atoms with Gasteiger partial charge in [0, 0.05) is 6.04 Å². The van der Waals surface area contributed by atoms with Gasteiger partial charge in [-0.2, -0.15) is 0 Å². The van der Waals surface area contributed by atoms with Gasteiger partial charge in [0.2, 0.25) is 5.95 Å². The normalized spacial score (nSPS) is 28.7. The molecule has 1 saturated carbocycles. The van der Waals surface area contributed by atoms with Crippen molar-refractivity contribution < 1.29 is 10.2 Å². The van der Waals surface area contributed by atoms with Crippen LogP contribution in [-0.4, -0.2) is 32.0 Å². The second kappa shape index (κ2) is 4.26. The number of hydrogen-bond donors (Lipinski definition) is 3. The number of anilines is 1. The molecule has 18 heavy (non-hydrogen) atoms. The summed E-state index contributed by atoms with van der Waals surface area (Å²) < 4.78 is 1.98. The molecule has 3 atom stereocenters. The van der Waals surface area contributed by atoms with E-state index in [1.807, 2.05) is 28.8 Å². The number of benzene rings is 1. The fourth-order valence-corrected chi connectivity index (χ4v) is 2.79. The van der Waals surface area contributed by atoms with Crippen molar-refractivity contribution in [1.82, 2.24) is 9.55 Å². The van der Waals surface area contributed by atoms with Gasteiger partial charge in [0.05, 0.1) is 23.2 Å². The van der Waals surface area contributed by atoms with Gasteiger partial charge in [0.15, 0.2) is 0 Å². The van der Waals surface area contributed by atoms with E-state index in [0.29, 0.717) is 18.8 Å². The van der Waals surface area contributed by atoms with E-state index in [2.05, 4.69) is 4.98 Å². The molecule has 5 nitrogen and oxygen atoms in total. The number of fused-ring (bicyclic) bond motifs is 1. The molecule has 0 bridgehead atoms. The second-order valence-electron chi connectivity index (χ2n) is 4.93. The average molecular weight is 247 g/mol. The number of nitrogen functional groups attached to an aromatic ring is 1. The summed E-state index contributed by atoms with van der Waals surface area (Å²) in [5.74, 6) is 0.477. The van der Waals surface area contributed by atoms with Gasteiger partial charge in [-0.15, -0.1) is 0 Å². The Morgan fingerprint density at radius 1 is 1.17 bits per heavy atom. The van der Waals surface area contributed by atoms with Crippen molar-refractivity contribution in [1.29, 1.82) is 0 Å². The zero-order chi connectivity index (χ0) is 12.7. The number of para-hydroxylation sites is 2. The summed E-state index contributed by atoms with van der Waals surface area (Å²) in [5.41, 5.74) is 7.83. The van der Waals surface area contributed by atoms with E-state index in [9.17, 15) is 10.2 Å². The summed E-state index contributed by atoms with van der Waals surface area (Å²) in [5, 5.41) is 19.4. The molecule has 1 aromatic heterocycles. The Bertz CT molecular complexity index is 566. The number of imidazole rings is 1. The number of aliphatic hydroxyl groups excluding tert-OH is 2. The summed E-state index contributed by atoms with van der Waals surface area (Å²) in [7, 11) is 0. The Morgan fingerprint density at radius 2 is 1.94 bits per heavy atom. The molecule has 0 saturated heterocycles. The van der Waals surface area contributed by atoms with E-state index in [4.69, 9.17) is 5.73 Å². The van der Waals surface area contributed by atoms with Crippen LogP contribution in [0.5, 0.6) is 0 Å². The number of aliphatic hydroxyl groups is 2. The first kappa shape index (κ1) is 11.5.